The molecular formula is C17H23NO3. The minimum Gasteiger partial charge on any atom is -0.454 e. The molecule has 0 spiro atoms. The normalized spacial score (nSPS) is 16.8. The second-order valence-corrected chi connectivity index (χ2v) is 6.38. The van der Waals surface area contributed by atoms with E-state index in [9.17, 15) is 4.79 Å². The van der Waals surface area contributed by atoms with Crippen molar-refractivity contribution in [3.05, 3.63) is 23.8 Å². The van der Waals surface area contributed by atoms with E-state index in [2.05, 4.69) is 18.7 Å². The highest BCUT2D eigenvalue weighted by Crippen LogP contribution is 2.33. The molecule has 4 nitrogen and oxygen atoms in total. The molecule has 0 saturated heterocycles. The zero-order valence-corrected chi connectivity index (χ0v) is 12.8. The van der Waals surface area contributed by atoms with Gasteiger partial charge in [0.2, 0.25) is 6.79 Å². The van der Waals surface area contributed by atoms with Crippen LogP contribution in [-0.2, 0) is 0 Å². The molecule has 1 aromatic carbocycles. The van der Waals surface area contributed by atoms with E-state index in [0.717, 1.165) is 24.3 Å². The lowest BCUT2D eigenvalue weighted by Gasteiger charge is -2.22. The molecule has 2 aliphatic rings. The topological polar surface area (TPSA) is 38.8 Å². The summed E-state index contributed by atoms with van der Waals surface area (Å²) in [5, 5.41) is 0. The van der Waals surface area contributed by atoms with Crippen LogP contribution >= 0.6 is 0 Å². The lowest BCUT2D eigenvalue weighted by Crippen LogP contribution is -2.33. The van der Waals surface area contributed by atoms with Gasteiger partial charge in [0.05, 0.1) is 6.54 Å². The van der Waals surface area contributed by atoms with Crippen molar-refractivity contribution in [2.45, 2.75) is 39.2 Å². The summed E-state index contributed by atoms with van der Waals surface area (Å²) in [5.41, 5.74) is 0.717. The van der Waals surface area contributed by atoms with Crippen LogP contribution in [0, 0.1) is 5.92 Å². The quantitative estimate of drug-likeness (QED) is 0.723. The number of carbonyl (C=O) groups is 1. The number of nitrogens with zero attached hydrogens (tertiary/aromatic N) is 1. The van der Waals surface area contributed by atoms with Gasteiger partial charge < -0.3 is 9.47 Å². The summed E-state index contributed by atoms with van der Waals surface area (Å²) in [5.74, 6) is 2.25. The van der Waals surface area contributed by atoms with Gasteiger partial charge in [0.15, 0.2) is 17.3 Å². The average molecular weight is 289 g/mol. The van der Waals surface area contributed by atoms with E-state index in [1.807, 2.05) is 12.1 Å². The Morgan fingerprint density at radius 3 is 2.76 bits per heavy atom. The molecule has 0 aromatic heterocycles. The van der Waals surface area contributed by atoms with E-state index in [0.29, 0.717) is 24.3 Å². The number of benzene rings is 1. The van der Waals surface area contributed by atoms with Gasteiger partial charge in [0.1, 0.15) is 0 Å². The van der Waals surface area contributed by atoms with Gasteiger partial charge in [-0.15, -0.1) is 0 Å². The Morgan fingerprint density at radius 2 is 2.05 bits per heavy atom. The molecule has 0 N–H and O–H groups in total. The number of carbonyl (C=O) groups excluding carboxylic acids is 1. The number of rotatable bonds is 7. The number of ketones is 1. The Kier molecular flexibility index (Phi) is 4.15. The molecule has 1 aliphatic carbocycles. The molecule has 1 aliphatic heterocycles. The van der Waals surface area contributed by atoms with Crippen LogP contribution in [0.4, 0.5) is 0 Å². The number of hydrogen-bond donors (Lipinski definition) is 0. The lowest BCUT2D eigenvalue weighted by atomic mass is 10.1. The molecule has 0 radical (unpaired) electrons. The highest BCUT2D eigenvalue weighted by atomic mass is 16.7. The summed E-state index contributed by atoms with van der Waals surface area (Å²) >= 11 is 0. The molecule has 1 aromatic rings. The first-order valence-corrected chi connectivity index (χ1v) is 7.80. The first-order chi connectivity index (χ1) is 10.1. The molecule has 114 valence electrons. The predicted octanol–water partition coefficient (Wildman–Crippen LogP) is 3.11. The van der Waals surface area contributed by atoms with Crippen molar-refractivity contribution >= 4 is 5.78 Å². The molecule has 0 bridgehead atoms. The predicted molar refractivity (Wildman–Crippen MR) is 80.9 cm³/mol. The standard InChI is InChI=1S/C17H23NO3/c1-12(2)7-8-18(14-4-5-14)10-15(19)13-3-6-16-17(9-13)21-11-20-16/h3,6,9,12,14H,4-5,7-8,10-11H2,1-2H3. The number of hydrogen-bond acceptors (Lipinski definition) is 4. The zero-order chi connectivity index (χ0) is 14.8. The Morgan fingerprint density at radius 1 is 1.29 bits per heavy atom. The molecule has 21 heavy (non-hydrogen) atoms. The zero-order valence-electron chi connectivity index (χ0n) is 12.8. The summed E-state index contributed by atoms with van der Waals surface area (Å²) in [6, 6.07) is 6.08. The van der Waals surface area contributed by atoms with E-state index in [-0.39, 0.29) is 12.6 Å². The average Bonchev–Trinajstić information content (AvgIpc) is 3.19. The molecule has 1 saturated carbocycles. The fourth-order valence-electron chi connectivity index (χ4n) is 2.60. The third-order valence-electron chi connectivity index (χ3n) is 4.10. The van der Waals surface area contributed by atoms with Gasteiger partial charge in [-0.3, -0.25) is 9.69 Å². The molecule has 1 fully saturated rings. The van der Waals surface area contributed by atoms with Crippen LogP contribution in [-0.4, -0.2) is 36.6 Å². The summed E-state index contributed by atoms with van der Waals surface area (Å²) in [6.45, 7) is 6.22. The van der Waals surface area contributed by atoms with E-state index in [1.165, 1.54) is 12.8 Å². The molecule has 4 heteroatoms. The summed E-state index contributed by atoms with van der Waals surface area (Å²) < 4.78 is 10.6. The minimum atomic E-state index is 0.170. The van der Waals surface area contributed by atoms with Gasteiger partial charge in [-0.1, -0.05) is 13.8 Å². The van der Waals surface area contributed by atoms with Gasteiger partial charge in [0, 0.05) is 11.6 Å². The van der Waals surface area contributed by atoms with Crippen molar-refractivity contribution < 1.29 is 14.3 Å². The monoisotopic (exact) mass is 289 g/mol. The highest BCUT2D eigenvalue weighted by Gasteiger charge is 2.30. The van der Waals surface area contributed by atoms with Gasteiger partial charge >= 0.3 is 0 Å². The number of fused-ring (bicyclic) bond motifs is 1. The van der Waals surface area contributed by atoms with Crippen LogP contribution in [0.15, 0.2) is 18.2 Å². The Hall–Kier alpha value is -1.55. The lowest BCUT2D eigenvalue weighted by molar-refractivity contribution is 0.0920. The van der Waals surface area contributed by atoms with Crippen LogP contribution in [0.3, 0.4) is 0 Å². The second-order valence-electron chi connectivity index (χ2n) is 6.38. The third-order valence-corrected chi connectivity index (χ3v) is 4.10. The van der Waals surface area contributed by atoms with Crippen LogP contribution < -0.4 is 9.47 Å². The van der Waals surface area contributed by atoms with Gasteiger partial charge in [-0.25, -0.2) is 0 Å². The van der Waals surface area contributed by atoms with E-state index in [1.54, 1.807) is 6.07 Å². The molecule has 1 heterocycles. The molecule has 0 unspecified atom stereocenters. The summed E-state index contributed by atoms with van der Waals surface area (Å²) in [4.78, 5) is 14.8. The second kappa shape index (κ2) is 6.06. The maximum Gasteiger partial charge on any atom is 0.231 e. The van der Waals surface area contributed by atoms with Gasteiger partial charge in [-0.2, -0.15) is 0 Å². The van der Waals surface area contributed by atoms with Crippen molar-refractivity contribution in [2.24, 2.45) is 5.92 Å². The number of Topliss-reactive ketones (excluding diaryl/α,β-unsaturated/α-hetero) is 1. The van der Waals surface area contributed by atoms with Crippen molar-refractivity contribution in [1.29, 1.82) is 0 Å². The van der Waals surface area contributed by atoms with Crippen molar-refractivity contribution in [3.8, 4) is 11.5 Å². The van der Waals surface area contributed by atoms with Gasteiger partial charge in [0.25, 0.3) is 0 Å². The van der Waals surface area contributed by atoms with Crippen molar-refractivity contribution in [2.75, 3.05) is 19.9 Å². The maximum absolute atomic E-state index is 12.5. The largest absolute Gasteiger partial charge is 0.454 e. The Bertz CT molecular complexity index is 523. The smallest absolute Gasteiger partial charge is 0.231 e. The maximum atomic E-state index is 12.5. The summed E-state index contributed by atoms with van der Waals surface area (Å²) in [6.07, 6.45) is 3.60. The van der Waals surface area contributed by atoms with Crippen molar-refractivity contribution in [3.63, 3.8) is 0 Å². The number of ether oxygens (including phenoxy) is 2. The van der Waals surface area contributed by atoms with Gasteiger partial charge in [-0.05, 0) is 49.9 Å². The van der Waals surface area contributed by atoms with Crippen LogP contribution in [0.2, 0.25) is 0 Å². The minimum absolute atomic E-state index is 0.170. The van der Waals surface area contributed by atoms with Crippen LogP contribution in [0.25, 0.3) is 0 Å². The first kappa shape index (κ1) is 14.4. The molecule has 3 rings (SSSR count). The molecule has 0 amide bonds. The van der Waals surface area contributed by atoms with Crippen molar-refractivity contribution in [1.82, 2.24) is 4.90 Å². The first-order valence-electron chi connectivity index (χ1n) is 7.80. The van der Waals surface area contributed by atoms with Crippen LogP contribution in [0.5, 0.6) is 11.5 Å². The van der Waals surface area contributed by atoms with E-state index < -0.39 is 0 Å². The Balaban J connectivity index is 1.63. The molecular weight excluding hydrogens is 266 g/mol. The van der Waals surface area contributed by atoms with Crippen LogP contribution in [0.1, 0.15) is 43.5 Å². The highest BCUT2D eigenvalue weighted by molar-refractivity contribution is 5.98. The Labute approximate surface area is 126 Å². The summed E-state index contributed by atoms with van der Waals surface area (Å²) in [7, 11) is 0. The van der Waals surface area contributed by atoms with E-state index >= 15 is 0 Å². The molecule has 0 atom stereocenters. The fourth-order valence-corrected chi connectivity index (χ4v) is 2.60. The third kappa shape index (κ3) is 3.56. The fraction of sp³-hybridized carbons (Fsp3) is 0.588. The SMILES string of the molecule is CC(C)CCN(CC(=O)c1ccc2c(c1)OCO2)C1CC1. The van der Waals surface area contributed by atoms with E-state index in [4.69, 9.17) is 9.47 Å².